The molecule has 6 nitrogen and oxygen atoms in total. The molecule has 0 aliphatic heterocycles. The van der Waals surface area contributed by atoms with E-state index in [0.717, 1.165) is 0 Å². The van der Waals surface area contributed by atoms with Crippen molar-refractivity contribution in [1.82, 2.24) is 14.9 Å². The molecule has 108 valence electrons. The molecule has 2 aromatic rings. The highest BCUT2D eigenvalue weighted by Crippen LogP contribution is 2.18. The molecule has 0 radical (unpaired) electrons. The van der Waals surface area contributed by atoms with Crippen LogP contribution in [0.2, 0.25) is 0 Å². The molecule has 1 heterocycles. The minimum absolute atomic E-state index is 0.0566. The van der Waals surface area contributed by atoms with Crippen molar-refractivity contribution >= 4 is 10.0 Å². The monoisotopic (exact) mass is 298 g/mol. The van der Waals surface area contributed by atoms with E-state index < -0.39 is 21.9 Å². The van der Waals surface area contributed by atoms with Gasteiger partial charge in [-0.1, -0.05) is 12.1 Å². The minimum Gasteiger partial charge on any atom is -0.326 e. The van der Waals surface area contributed by atoms with Gasteiger partial charge in [-0.3, -0.25) is 5.10 Å². The topological polar surface area (TPSA) is 101 Å². The number of rotatable bonds is 5. The SMILES string of the molecule is CC(NS(=O)(=O)c1[nH]ncc1CN)c1cccc(F)c1. The van der Waals surface area contributed by atoms with Crippen molar-refractivity contribution in [3.63, 3.8) is 0 Å². The summed E-state index contributed by atoms with van der Waals surface area (Å²) in [7, 11) is -3.79. The molecule has 0 aliphatic carbocycles. The summed E-state index contributed by atoms with van der Waals surface area (Å²) >= 11 is 0. The second kappa shape index (κ2) is 5.70. The molecule has 4 N–H and O–H groups in total. The standard InChI is InChI=1S/C12H15FN4O2S/c1-8(9-3-2-4-11(13)5-9)17-20(18,19)12-10(6-14)7-15-16-12/h2-5,7-8,17H,6,14H2,1H3,(H,15,16). The van der Waals surface area contributed by atoms with Crippen LogP contribution in [-0.2, 0) is 16.6 Å². The lowest BCUT2D eigenvalue weighted by Crippen LogP contribution is -2.28. The summed E-state index contributed by atoms with van der Waals surface area (Å²) in [5, 5.41) is 6.01. The zero-order chi connectivity index (χ0) is 14.8. The second-order valence-corrected chi connectivity index (χ2v) is 5.98. The molecule has 20 heavy (non-hydrogen) atoms. The highest BCUT2D eigenvalue weighted by atomic mass is 32.2. The van der Waals surface area contributed by atoms with Gasteiger partial charge in [0.1, 0.15) is 5.82 Å². The Kier molecular flexibility index (Phi) is 4.17. The van der Waals surface area contributed by atoms with Gasteiger partial charge in [0.05, 0.1) is 6.20 Å². The van der Waals surface area contributed by atoms with E-state index in [9.17, 15) is 12.8 Å². The van der Waals surface area contributed by atoms with E-state index in [-0.39, 0.29) is 11.6 Å². The summed E-state index contributed by atoms with van der Waals surface area (Å²) in [5.74, 6) is -0.419. The number of aromatic amines is 1. The van der Waals surface area contributed by atoms with E-state index in [0.29, 0.717) is 11.1 Å². The molecule has 1 aromatic carbocycles. The number of nitrogens with zero attached hydrogens (tertiary/aromatic N) is 1. The predicted molar refractivity (Wildman–Crippen MR) is 71.6 cm³/mol. The van der Waals surface area contributed by atoms with E-state index in [4.69, 9.17) is 5.73 Å². The predicted octanol–water partition coefficient (Wildman–Crippen LogP) is 1.05. The number of benzene rings is 1. The Labute approximate surface area is 116 Å². The Balaban J connectivity index is 2.24. The van der Waals surface area contributed by atoms with Crippen molar-refractivity contribution in [2.75, 3.05) is 0 Å². The van der Waals surface area contributed by atoms with Crippen LogP contribution in [0, 0.1) is 5.82 Å². The molecule has 1 unspecified atom stereocenters. The lowest BCUT2D eigenvalue weighted by Gasteiger charge is -2.14. The van der Waals surface area contributed by atoms with Gasteiger partial charge >= 0.3 is 0 Å². The van der Waals surface area contributed by atoms with Crippen molar-refractivity contribution < 1.29 is 12.8 Å². The molecule has 2 rings (SSSR count). The largest absolute Gasteiger partial charge is 0.326 e. The number of H-pyrrole nitrogens is 1. The van der Waals surface area contributed by atoms with Gasteiger partial charge < -0.3 is 5.73 Å². The fourth-order valence-electron chi connectivity index (χ4n) is 1.81. The van der Waals surface area contributed by atoms with E-state index in [1.807, 2.05) is 0 Å². The van der Waals surface area contributed by atoms with Gasteiger partial charge in [-0.2, -0.15) is 5.10 Å². The Morgan fingerprint density at radius 2 is 2.25 bits per heavy atom. The highest BCUT2D eigenvalue weighted by molar-refractivity contribution is 7.89. The summed E-state index contributed by atoms with van der Waals surface area (Å²) in [5.41, 5.74) is 6.37. The van der Waals surface area contributed by atoms with Crippen LogP contribution in [0.1, 0.15) is 24.1 Å². The lowest BCUT2D eigenvalue weighted by molar-refractivity contribution is 0.559. The molecule has 0 spiro atoms. The summed E-state index contributed by atoms with van der Waals surface area (Å²) in [6.07, 6.45) is 1.36. The quantitative estimate of drug-likeness (QED) is 0.768. The van der Waals surface area contributed by atoms with E-state index in [2.05, 4.69) is 14.9 Å². The first-order chi connectivity index (χ1) is 9.44. The van der Waals surface area contributed by atoms with Crippen molar-refractivity contribution in [2.45, 2.75) is 24.5 Å². The van der Waals surface area contributed by atoms with E-state index >= 15 is 0 Å². The van der Waals surface area contributed by atoms with Crippen LogP contribution >= 0.6 is 0 Å². The number of nitrogens with one attached hydrogen (secondary N) is 2. The molecule has 0 amide bonds. The van der Waals surface area contributed by atoms with Crippen LogP contribution in [0.25, 0.3) is 0 Å². The van der Waals surface area contributed by atoms with Gasteiger partial charge in [0.2, 0.25) is 0 Å². The van der Waals surface area contributed by atoms with E-state index in [1.54, 1.807) is 13.0 Å². The number of sulfonamides is 1. The Hall–Kier alpha value is -1.77. The number of aromatic nitrogens is 2. The van der Waals surface area contributed by atoms with Crippen LogP contribution in [0.4, 0.5) is 4.39 Å². The number of hydrogen-bond acceptors (Lipinski definition) is 4. The second-order valence-electron chi connectivity index (χ2n) is 4.33. The smallest absolute Gasteiger partial charge is 0.258 e. The molecule has 0 saturated heterocycles. The molecule has 0 aliphatic rings. The zero-order valence-electron chi connectivity index (χ0n) is 10.8. The maximum absolute atomic E-state index is 13.1. The maximum Gasteiger partial charge on any atom is 0.258 e. The number of nitrogens with two attached hydrogens (primary N) is 1. The first-order valence-corrected chi connectivity index (χ1v) is 7.42. The molecular weight excluding hydrogens is 283 g/mol. The van der Waals surface area contributed by atoms with Crippen LogP contribution in [-0.4, -0.2) is 18.6 Å². The first kappa shape index (κ1) is 14.6. The summed E-state index contributed by atoms with van der Waals surface area (Å²) < 4.78 is 40.0. The van der Waals surface area contributed by atoms with Crippen LogP contribution in [0.3, 0.4) is 0 Å². The third-order valence-corrected chi connectivity index (χ3v) is 4.40. The normalized spacial score (nSPS) is 13.3. The molecular formula is C12H15FN4O2S. The molecule has 8 heteroatoms. The third-order valence-electron chi connectivity index (χ3n) is 2.85. The Bertz CT molecular complexity index is 699. The van der Waals surface area contributed by atoms with Crippen molar-refractivity contribution in [3.05, 3.63) is 47.4 Å². The van der Waals surface area contributed by atoms with Gasteiger partial charge in [-0.25, -0.2) is 17.5 Å². The first-order valence-electron chi connectivity index (χ1n) is 5.94. The van der Waals surface area contributed by atoms with Crippen LogP contribution < -0.4 is 10.5 Å². The summed E-state index contributed by atoms with van der Waals surface area (Å²) in [4.78, 5) is 0. The summed E-state index contributed by atoms with van der Waals surface area (Å²) in [6, 6.07) is 5.17. The Morgan fingerprint density at radius 1 is 1.50 bits per heavy atom. The average molecular weight is 298 g/mol. The van der Waals surface area contributed by atoms with Gasteiger partial charge in [0, 0.05) is 18.2 Å². The molecule has 0 fully saturated rings. The zero-order valence-corrected chi connectivity index (χ0v) is 11.6. The summed E-state index contributed by atoms with van der Waals surface area (Å²) in [6.45, 7) is 1.69. The fourth-order valence-corrected chi connectivity index (χ4v) is 3.19. The van der Waals surface area contributed by atoms with Gasteiger partial charge in [0.15, 0.2) is 5.03 Å². The van der Waals surface area contributed by atoms with Crippen molar-refractivity contribution in [2.24, 2.45) is 5.73 Å². The number of hydrogen-bond donors (Lipinski definition) is 3. The maximum atomic E-state index is 13.1. The molecule has 1 aromatic heterocycles. The fraction of sp³-hybridized carbons (Fsp3) is 0.250. The molecule has 0 bridgehead atoms. The van der Waals surface area contributed by atoms with Gasteiger partial charge in [0.25, 0.3) is 10.0 Å². The lowest BCUT2D eigenvalue weighted by atomic mass is 10.1. The van der Waals surface area contributed by atoms with Gasteiger partial charge in [-0.15, -0.1) is 0 Å². The van der Waals surface area contributed by atoms with Gasteiger partial charge in [-0.05, 0) is 24.6 Å². The Morgan fingerprint density at radius 3 is 2.90 bits per heavy atom. The van der Waals surface area contributed by atoms with Crippen LogP contribution in [0.5, 0.6) is 0 Å². The van der Waals surface area contributed by atoms with E-state index in [1.165, 1.54) is 24.4 Å². The van der Waals surface area contributed by atoms with Crippen LogP contribution in [0.15, 0.2) is 35.5 Å². The number of halogens is 1. The highest BCUT2D eigenvalue weighted by Gasteiger charge is 2.23. The third kappa shape index (κ3) is 3.03. The molecule has 0 saturated carbocycles. The van der Waals surface area contributed by atoms with Crippen molar-refractivity contribution in [1.29, 1.82) is 0 Å². The van der Waals surface area contributed by atoms with Crippen molar-refractivity contribution in [3.8, 4) is 0 Å². The minimum atomic E-state index is -3.79. The molecule has 1 atom stereocenters. The average Bonchev–Trinajstić information content (AvgIpc) is 2.87.